The molecule has 5 nitrogen and oxygen atoms in total. The van der Waals surface area contributed by atoms with Crippen molar-refractivity contribution in [2.75, 3.05) is 20.7 Å². The van der Waals surface area contributed by atoms with Crippen LogP contribution in [-0.2, 0) is 22.5 Å². The molecule has 0 heterocycles. The predicted molar refractivity (Wildman–Crippen MR) is 104 cm³/mol. The molecule has 0 bridgehead atoms. The van der Waals surface area contributed by atoms with Crippen molar-refractivity contribution in [1.29, 1.82) is 0 Å². The van der Waals surface area contributed by atoms with Crippen molar-refractivity contribution in [2.24, 2.45) is 0 Å². The number of benzene rings is 2. The van der Waals surface area contributed by atoms with Crippen LogP contribution in [0.3, 0.4) is 0 Å². The van der Waals surface area contributed by atoms with Gasteiger partial charge in [-0.2, -0.15) is 0 Å². The Labute approximate surface area is 160 Å². The van der Waals surface area contributed by atoms with Crippen LogP contribution in [-0.4, -0.2) is 37.5 Å². The molecule has 1 aliphatic rings. The lowest BCUT2D eigenvalue weighted by molar-refractivity contribution is -0.122. The number of methoxy groups -OCH3 is 1. The molecular weight excluding hydrogens is 340 g/mol. The molecule has 2 aromatic carbocycles. The molecule has 1 amide bonds. The second-order valence-electron chi connectivity index (χ2n) is 6.99. The molecule has 1 N–H and O–H groups in total. The molecule has 1 atom stereocenters. The van der Waals surface area contributed by atoms with Crippen molar-refractivity contribution in [1.82, 2.24) is 10.2 Å². The summed E-state index contributed by atoms with van der Waals surface area (Å²) in [4.78, 5) is 26.0. The Morgan fingerprint density at radius 1 is 1.15 bits per heavy atom. The molecule has 5 heteroatoms. The Hall–Kier alpha value is -2.66. The molecule has 0 aliphatic heterocycles. The monoisotopic (exact) mass is 366 g/mol. The van der Waals surface area contributed by atoms with Gasteiger partial charge >= 0.3 is 5.97 Å². The third-order valence-corrected chi connectivity index (χ3v) is 5.13. The molecule has 0 radical (unpaired) electrons. The summed E-state index contributed by atoms with van der Waals surface area (Å²) in [6, 6.07) is 15.9. The minimum atomic E-state index is -0.361. The normalized spacial score (nSPS) is 15.9. The third kappa shape index (κ3) is 4.74. The van der Waals surface area contributed by atoms with Gasteiger partial charge in [0.1, 0.15) is 0 Å². The quantitative estimate of drug-likeness (QED) is 0.798. The number of carbonyl (C=O) groups excluding carboxylic acids is 2. The van der Waals surface area contributed by atoms with Gasteiger partial charge in [-0.3, -0.25) is 9.69 Å². The first-order valence-electron chi connectivity index (χ1n) is 9.30. The van der Waals surface area contributed by atoms with Gasteiger partial charge in [0.15, 0.2) is 0 Å². The Kier molecular flexibility index (Phi) is 6.24. The molecule has 0 spiro atoms. The Morgan fingerprint density at radius 3 is 2.63 bits per heavy atom. The lowest BCUT2D eigenvalue weighted by atomic mass is 9.87. The van der Waals surface area contributed by atoms with Gasteiger partial charge in [0.25, 0.3) is 0 Å². The van der Waals surface area contributed by atoms with E-state index < -0.39 is 0 Å². The first-order valence-corrected chi connectivity index (χ1v) is 9.30. The van der Waals surface area contributed by atoms with Crippen LogP contribution in [0.15, 0.2) is 48.5 Å². The van der Waals surface area contributed by atoms with Gasteiger partial charge in [-0.25, -0.2) is 4.79 Å². The SMILES string of the molecule is COC(=O)c1ccc(CNC(=O)CN(C)[C@@H]2CCCc3ccccc32)cc1. The zero-order chi connectivity index (χ0) is 19.2. The zero-order valence-corrected chi connectivity index (χ0v) is 15.9. The van der Waals surface area contributed by atoms with Gasteiger partial charge < -0.3 is 10.1 Å². The average Bonchev–Trinajstić information content (AvgIpc) is 2.71. The molecular formula is C22H26N2O3. The fourth-order valence-corrected chi connectivity index (χ4v) is 3.66. The van der Waals surface area contributed by atoms with Crippen molar-refractivity contribution in [3.8, 4) is 0 Å². The molecule has 2 aromatic rings. The van der Waals surface area contributed by atoms with Crippen LogP contribution in [0.25, 0.3) is 0 Å². The molecule has 27 heavy (non-hydrogen) atoms. The number of hydrogen-bond donors (Lipinski definition) is 1. The van der Waals surface area contributed by atoms with E-state index in [0.29, 0.717) is 24.7 Å². The van der Waals surface area contributed by atoms with E-state index >= 15 is 0 Å². The summed E-state index contributed by atoms with van der Waals surface area (Å²) in [5.74, 6) is -0.363. The summed E-state index contributed by atoms with van der Waals surface area (Å²) in [5, 5.41) is 2.96. The van der Waals surface area contributed by atoms with Crippen LogP contribution in [0.2, 0.25) is 0 Å². The van der Waals surface area contributed by atoms with Crippen molar-refractivity contribution >= 4 is 11.9 Å². The molecule has 1 aliphatic carbocycles. The van der Waals surface area contributed by atoms with E-state index in [-0.39, 0.29) is 11.9 Å². The number of nitrogens with zero attached hydrogens (tertiary/aromatic N) is 1. The first kappa shape index (κ1) is 19.1. The van der Waals surface area contributed by atoms with Gasteiger partial charge in [-0.1, -0.05) is 36.4 Å². The molecule has 142 valence electrons. The molecule has 0 aromatic heterocycles. The topological polar surface area (TPSA) is 58.6 Å². The molecule has 0 fully saturated rings. The van der Waals surface area contributed by atoms with E-state index in [9.17, 15) is 9.59 Å². The van der Waals surface area contributed by atoms with E-state index in [1.165, 1.54) is 18.2 Å². The van der Waals surface area contributed by atoms with Gasteiger partial charge in [-0.15, -0.1) is 0 Å². The molecule has 0 saturated heterocycles. The highest BCUT2D eigenvalue weighted by Gasteiger charge is 2.24. The smallest absolute Gasteiger partial charge is 0.337 e. The Morgan fingerprint density at radius 2 is 1.89 bits per heavy atom. The van der Waals surface area contributed by atoms with Crippen molar-refractivity contribution in [2.45, 2.75) is 31.8 Å². The van der Waals surface area contributed by atoms with Crippen LogP contribution in [0.5, 0.6) is 0 Å². The second-order valence-corrected chi connectivity index (χ2v) is 6.99. The highest BCUT2D eigenvalue weighted by Crippen LogP contribution is 2.33. The fraction of sp³-hybridized carbons (Fsp3) is 0.364. The maximum Gasteiger partial charge on any atom is 0.337 e. The first-order chi connectivity index (χ1) is 13.1. The number of carbonyl (C=O) groups is 2. The van der Waals surface area contributed by atoms with Crippen molar-refractivity contribution in [3.63, 3.8) is 0 Å². The summed E-state index contributed by atoms with van der Waals surface area (Å²) >= 11 is 0. The highest BCUT2D eigenvalue weighted by molar-refractivity contribution is 5.89. The number of rotatable bonds is 6. The van der Waals surface area contributed by atoms with Crippen molar-refractivity contribution in [3.05, 3.63) is 70.8 Å². The van der Waals surface area contributed by atoms with E-state index in [1.807, 2.05) is 19.2 Å². The summed E-state index contributed by atoms with van der Waals surface area (Å²) in [5.41, 5.74) is 4.19. The number of fused-ring (bicyclic) bond motifs is 1. The largest absolute Gasteiger partial charge is 0.465 e. The number of esters is 1. The summed E-state index contributed by atoms with van der Waals surface area (Å²) in [6.45, 7) is 0.800. The highest BCUT2D eigenvalue weighted by atomic mass is 16.5. The number of hydrogen-bond acceptors (Lipinski definition) is 4. The van der Waals surface area contributed by atoms with Crippen molar-refractivity contribution < 1.29 is 14.3 Å². The minimum Gasteiger partial charge on any atom is -0.465 e. The van der Waals surface area contributed by atoms with Gasteiger partial charge in [0.05, 0.1) is 19.2 Å². The van der Waals surface area contributed by atoms with Gasteiger partial charge in [-0.05, 0) is 55.1 Å². The number of likely N-dealkylation sites (N-methyl/N-ethyl adjacent to an activating group) is 1. The number of nitrogens with one attached hydrogen (secondary N) is 1. The number of aryl methyl sites for hydroxylation is 1. The fourth-order valence-electron chi connectivity index (χ4n) is 3.66. The van der Waals surface area contributed by atoms with Crippen LogP contribution in [0.4, 0.5) is 0 Å². The van der Waals surface area contributed by atoms with E-state index in [4.69, 9.17) is 0 Å². The van der Waals surface area contributed by atoms with Crippen LogP contribution in [0.1, 0.15) is 45.9 Å². The molecule has 0 saturated carbocycles. The van der Waals surface area contributed by atoms with E-state index in [2.05, 4.69) is 39.2 Å². The number of amides is 1. The number of ether oxygens (including phenoxy) is 1. The van der Waals surface area contributed by atoms with E-state index in [0.717, 1.165) is 24.8 Å². The van der Waals surface area contributed by atoms with Crippen LogP contribution >= 0.6 is 0 Å². The summed E-state index contributed by atoms with van der Waals surface area (Å²) in [7, 11) is 3.37. The van der Waals surface area contributed by atoms with Crippen LogP contribution < -0.4 is 5.32 Å². The minimum absolute atomic E-state index is 0.00222. The maximum atomic E-state index is 12.4. The molecule has 3 rings (SSSR count). The third-order valence-electron chi connectivity index (χ3n) is 5.13. The Balaban J connectivity index is 1.53. The summed E-state index contributed by atoms with van der Waals surface area (Å²) in [6.07, 6.45) is 3.35. The lowest BCUT2D eigenvalue weighted by Crippen LogP contribution is -2.37. The average molecular weight is 366 g/mol. The van der Waals surface area contributed by atoms with Crippen LogP contribution in [0, 0.1) is 0 Å². The van der Waals surface area contributed by atoms with Gasteiger partial charge in [0.2, 0.25) is 5.91 Å². The van der Waals surface area contributed by atoms with Gasteiger partial charge in [0, 0.05) is 12.6 Å². The maximum absolute atomic E-state index is 12.4. The molecule has 0 unspecified atom stereocenters. The van der Waals surface area contributed by atoms with E-state index in [1.54, 1.807) is 12.1 Å². The summed E-state index contributed by atoms with van der Waals surface area (Å²) < 4.78 is 4.69. The standard InChI is InChI=1S/C22H26N2O3/c1-24(20-9-5-7-17-6-3-4-8-19(17)20)15-21(25)23-14-16-10-12-18(13-11-16)22(26)27-2/h3-4,6,8,10-13,20H,5,7,9,14-15H2,1-2H3,(H,23,25)/t20-/m1/s1. The predicted octanol–water partition coefficient (Wildman–Crippen LogP) is 3.10. The zero-order valence-electron chi connectivity index (χ0n) is 15.9. The Bertz CT molecular complexity index is 801. The second kappa shape index (κ2) is 8.82. The lowest BCUT2D eigenvalue weighted by Gasteiger charge is -2.32.